The SMILES string of the molecule is CC1CCC(=O)N=C1[O-]. The fourth-order valence-electron chi connectivity index (χ4n) is 0.752. The number of hydrogen-bond donors (Lipinski definition) is 0. The van der Waals surface area contributed by atoms with Gasteiger partial charge in [0.1, 0.15) is 0 Å². The Morgan fingerprint density at radius 1 is 1.78 bits per heavy atom. The highest BCUT2D eigenvalue weighted by molar-refractivity contribution is 5.92. The number of aliphatic imine (C=N–C) groups is 1. The maximum Gasteiger partial charge on any atom is 0.244 e. The van der Waals surface area contributed by atoms with Crippen molar-refractivity contribution in [1.29, 1.82) is 0 Å². The van der Waals surface area contributed by atoms with Gasteiger partial charge in [-0.3, -0.25) is 4.79 Å². The van der Waals surface area contributed by atoms with Crippen LogP contribution in [-0.2, 0) is 4.79 Å². The standard InChI is InChI=1S/C6H9NO2/c1-4-2-3-5(8)7-6(4)9/h4H,2-3H2,1H3,(H,7,8,9)/p-1. The van der Waals surface area contributed by atoms with Gasteiger partial charge >= 0.3 is 0 Å². The molecule has 0 saturated heterocycles. The van der Waals surface area contributed by atoms with Gasteiger partial charge in [0.15, 0.2) is 0 Å². The van der Waals surface area contributed by atoms with Crippen LogP contribution in [0.3, 0.4) is 0 Å². The molecule has 1 unspecified atom stereocenters. The fraction of sp³-hybridized carbons (Fsp3) is 0.667. The molecule has 1 heterocycles. The second-order valence-corrected chi connectivity index (χ2v) is 2.28. The van der Waals surface area contributed by atoms with Crippen molar-refractivity contribution in [2.45, 2.75) is 19.8 Å². The van der Waals surface area contributed by atoms with Crippen molar-refractivity contribution in [3.63, 3.8) is 0 Å². The largest absolute Gasteiger partial charge is 0.861 e. The molecule has 1 amide bonds. The van der Waals surface area contributed by atoms with Crippen LogP contribution in [0, 0.1) is 5.92 Å². The Morgan fingerprint density at radius 2 is 2.44 bits per heavy atom. The lowest BCUT2D eigenvalue weighted by atomic mass is 10.0. The van der Waals surface area contributed by atoms with Gasteiger partial charge in [0, 0.05) is 6.42 Å². The van der Waals surface area contributed by atoms with E-state index in [-0.39, 0.29) is 17.7 Å². The number of carbonyl (C=O) groups excluding carboxylic acids is 1. The fourth-order valence-corrected chi connectivity index (χ4v) is 0.752. The topological polar surface area (TPSA) is 52.5 Å². The first-order valence-corrected chi connectivity index (χ1v) is 2.98. The van der Waals surface area contributed by atoms with Crippen molar-refractivity contribution < 1.29 is 9.90 Å². The van der Waals surface area contributed by atoms with E-state index in [2.05, 4.69) is 4.99 Å². The molecule has 3 nitrogen and oxygen atoms in total. The van der Waals surface area contributed by atoms with Crippen LogP contribution in [0.1, 0.15) is 19.8 Å². The third-order valence-electron chi connectivity index (χ3n) is 1.45. The first kappa shape index (κ1) is 6.26. The number of carbonyl (C=O) groups is 1. The monoisotopic (exact) mass is 126 g/mol. The van der Waals surface area contributed by atoms with E-state index in [0.29, 0.717) is 12.8 Å². The minimum atomic E-state index is -0.266. The number of rotatable bonds is 0. The molecule has 9 heavy (non-hydrogen) atoms. The lowest BCUT2D eigenvalue weighted by molar-refractivity contribution is -0.224. The van der Waals surface area contributed by atoms with Crippen LogP contribution in [-0.4, -0.2) is 11.8 Å². The highest BCUT2D eigenvalue weighted by atomic mass is 16.3. The highest BCUT2D eigenvalue weighted by Crippen LogP contribution is 2.11. The predicted molar refractivity (Wildman–Crippen MR) is 30.8 cm³/mol. The highest BCUT2D eigenvalue weighted by Gasteiger charge is 2.11. The van der Waals surface area contributed by atoms with Gasteiger partial charge in [-0.1, -0.05) is 6.92 Å². The molecule has 0 aromatic rings. The van der Waals surface area contributed by atoms with Crippen LogP contribution in [0.5, 0.6) is 0 Å². The van der Waals surface area contributed by atoms with Crippen molar-refractivity contribution >= 4 is 11.8 Å². The van der Waals surface area contributed by atoms with E-state index in [1.165, 1.54) is 0 Å². The van der Waals surface area contributed by atoms with Gasteiger partial charge in [-0.2, -0.15) is 0 Å². The van der Waals surface area contributed by atoms with E-state index < -0.39 is 0 Å². The van der Waals surface area contributed by atoms with Gasteiger partial charge in [0.2, 0.25) is 5.91 Å². The van der Waals surface area contributed by atoms with Crippen LogP contribution in [0.15, 0.2) is 4.99 Å². The molecular formula is C6H8NO2-. The molecule has 0 aromatic heterocycles. The molecule has 0 spiro atoms. The Labute approximate surface area is 53.4 Å². The summed E-state index contributed by atoms with van der Waals surface area (Å²) < 4.78 is 0. The van der Waals surface area contributed by atoms with Crippen molar-refractivity contribution in [2.75, 3.05) is 0 Å². The van der Waals surface area contributed by atoms with Crippen LogP contribution in [0.2, 0.25) is 0 Å². The summed E-state index contributed by atoms with van der Waals surface area (Å²) in [6.45, 7) is 1.79. The molecule has 1 aliphatic rings. The molecule has 0 bridgehead atoms. The first-order valence-electron chi connectivity index (χ1n) is 2.98. The van der Waals surface area contributed by atoms with E-state index in [0.717, 1.165) is 0 Å². The zero-order chi connectivity index (χ0) is 6.85. The normalized spacial score (nSPS) is 27.9. The molecule has 3 heteroatoms. The molecule has 50 valence electrons. The molecule has 0 N–H and O–H groups in total. The quantitative estimate of drug-likeness (QED) is 0.447. The van der Waals surface area contributed by atoms with Gasteiger partial charge in [-0.05, 0) is 18.2 Å². The van der Waals surface area contributed by atoms with Gasteiger partial charge in [0.25, 0.3) is 0 Å². The maximum atomic E-state index is 10.6. The molecule has 0 aliphatic carbocycles. The average molecular weight is 126 g/mol. The van der Waals surface area contributed by atoms with Gasteiger partial charge in [-0.15, -0.1) is 0 Å². The first-order chi connectivity index (χ1) is 4.20. The van der Waals surface area contributed by atoms with Gasteiger partial charge < -0.3 is 5.11 Å². The van der Waals surface area contributed by atoms with Gasteiger partial charge in [0.05, 0.1) is 0 Å². The maximum absolute atomic E-state index is 10.6. The smallest absolute Gasteiger partial charge is 0.244 e. The molecule has 1 atom stereocenters. The minimum absolute atomic E-state index is 0.0392. The Hall–Kier alpha value is -0.860. The van der Waals surface area contributed by atoms with E-state index in [1.54, 1.807) is 6.92 Å². The second-order valence-electron chi connectivity index (χ2n) is 2.28. The second kappa shape index (κ2) is 2.17. The zero-order valence-electron chi connectivity index (χ0n) is 5.26. The Morgan fingerprint density at radius 3 is 2.89 bits per heavy atom. The zero-order valence-corrected chi connectivity index (χ0v) is 5.26. The molecule has 0 radical (unpaired) electrons. The van der Waals surface area contributed by atoms with E-state index in [1.807, 2.05) is 0 Å². The Kier molecular flexibility index (Phi) is 1.51. The molecule has 0 aromatic carbocycles. The lowest BCUT2D eigenvalue weighted by Crippen LogP contribution is -2.30. The van der Waals surface area contributed by atoms with Gasteiger partial charge in [-0.25, -0.2) is 4.99 Å². The summed E-state index contributed by atoms with van der Waals surface area (Å²) >= 11 is 0. The van der Waals surface area contributed by atoms with Crippen molar-refractivity contribution in [3.8, 4) is 0 Å². The summed E-state index contributed by atoms with van der Waals surface area (Å²) in [5.74, 6) is -0.563. The molecule has 0 saturated carbocycles. The van der Waals surface area contributed by atoms with E-state index >= 15 is 0 Å². The molecule has 0 fully saturated rings. The van der Waals surface area contributed by atoms with Crippen molar-refractivity contribution in [1.82, 2.24) is 0 Å². The summed E-state index contributed by atoms with van der Waals surface area (Å²) in [6.07, 6.45) is 1.11. The van der Waals surface area contributed by atoms with Crippen LogP contribution >= 0.6 is 0 Å². The van der Waals surface area contributed by atoms with Crippen LogP contribution in [0.4, 0.5) is 0 Å². The predicted octanol–water partition coefficient (Wildman–Crippen LogP) is -0.298. The Balaban J connectivity index is 2.72. The van der Waals surface area contributed by atoms with E-state index in [4.69, 9.17) is 0 Å². The third-order valence-corrected chi connectivity index (χ3v) is 1.45. The summed E-state index contributed by atoms with van der Waals surface area (Å²) in [6, 6.07) is 0. The van der Waals surface area contributed by atoms with Crippen molar-refractivity contribution in [2.24, 2.45) is 10.9 Å². The minimum Gasteiger partial charge on any atom is -0.861 e. The summed E-state index contributed by atoms with van der Waals surface area (Å²) in [5, 5.41) is 10.6. The number of amides is 1. The van der Waals surface area contributed by atoms with Crippen LogP contribution in [0.25, 0.3) is 0 Å². The van der Waals surface area contributed by atoms with E-state index in [9.17, 15) is 9.90 Å². The Bertz CT molecular complexity index is 162. The van der Waals surface area contributed by atoms with Crippen molar-refractivity contribution in [3.05, 3.63) is 0 Å². The molecular weight excluding hydrogens is 118 g/mol. The number of nitrogens with zero attached hydrogens (tertiary/aromatic N) is 1. The average Bonchev–Trinajstić information content (AvgIpc) is 1.80. The lowest BCUT2D eigenvalue weighted by Gasteiger charge is -2.21. The molecule has 1 aliphatic heterocycles. The third kappa shape index (κ3) is 1.28. The number of hydrogen-bond acceptors (Lipinski definition) is 2. The summed E-state index contributed by atoms with van der Waals surface area (Å²) in [5.41, 5.74) is 0. The summed E-state index contributed by atoms with van der Waals surface area (Å²) in [7, 11) is 0. The molecule has 1 rings (SSSR count). The van der Waals surface area contributed by atoms with Crippen LogP contribution < -0.4 is 5.11 Å². The summed E-state index contributed by atoms with van der Waals surface area (Å²) in [4.78, 5) is 13.7.